The average Bonchev–Trinajstić information content (AvgIpc) is 3.36. The number of nitrogens with zero attached hydrogens (tertiary/aromatic N) is 1. The van der Waals surface area contributed by atoms with Crippen LogP contribution in [0, 0.1) is 18.8 Å². The zero-order chi connectivity index (χ0) is 32.5. The van der Waals surface area contributed by atoms with E-state index in [4.69, 9.17) is 0 Å². The van der Waals surface area contributed by atoms with Crippen molar-refractivity contribution < 1.29 is 53.8 Å². The zero-order valence-electron chi connectivity index (χ0n) is 23.5. The summed E-state index contributed by atoms with van der Waals surface area (Å²) in [7, 11) is -4.43. The molecule has 14 heteroatoms. The quantitative estimate of drug-likeness (QED) is 0.379. The van der Waals surface area contributed by atoms with Crippen molar-refractivity contribution in [3.63, 3.8) is 0 Å². The second-order valence-corrected chi connectivity index (χ2v) is 14.2. The highest BCUT2D eigenvalue weighted by molar-refractivity contribution is 7.92. The highest BCUT2D eigenvalue weighted by Gasteiger charge is 2.74. The van der Waals surface area contributed by atoms with Crippen LogP contribution in [0.4, 0.5) is 30.7 Å². The van der Waals surface area contributed by atoms with E-state index in [0.717, 1.165) is 6.07 Å². The Balaban J connectivity index is 1.63. The summed E-state index contributed by atoms with van der Waals surface area (Å²) in [4.78, 5) is 26.5. The number of likely N-dealkylation sites (tertiary alicyclic amines) is 1. The zero-order valence-corrected chi connectivity index (χ0v) is 24.3. The number of carboxylic acid groups (broad SMARTS) is 1. The van der Waals surface area contributed by atoms with Crippen molar-refractivity contribution in [1.82, 2.24) is 4.90 Å². The monoisotopic (exact) mass is 649 g/mol. The molecule has 1 saturated heterocycles. The first-order chi connectivity index (χ1) is 20.4. The molecule has 0 radical (unpaired) electrons. The molecule has 0 aromatic heterocycles. The molecule has 1 heterocycles. The third kappa shape index (κ3) is 4.78. The summed E-state index contributed by atoms with van der Waals surface area (Å²) in [5, 5.41) is 9.32. The predicted molar refractivity (Wildman–Crippen MR) is 143 cm³/mol. The van der Waals surface area contributed by atoms with Gasteiger partial charge in [-0.25, -0.2) is 12.8 Å². The summed E-state index contributed by atoms with van der Waals surface area (Å²) in [6.07, 6.45) is -12.0. The van der Waals surface area contributed by atoms with Gasteiger partial charge < -0.3 is 10.0 Å². The lowest BCUT2D eigenvalue weighted by Crippen LogP contribution is -2.53. The molecular formula is C30H30F7NO5S. The number of hydrogen-bond acceptors (Lipinski definition) is 4. The number of hydrogen-bond donors (Lipinski definition) is 1. The smallest absolute Gasteiger partial charge is 0.435 e. The topological polar surface area (TPSA) is 91.8 Å². The van der Waals surface area contributed by atoms with E-state index in [1.165, 1.54) is 23.1 Å². The van der Waals surface area contributed by atoms with Crippen molar-refractivity contribution in [3.05, 3.63) is 64.7 Å². The Kier molecular flexibility index (Phi) is 7.86. The maximum absolute atomic E-state index is 15.0. The van der Waals surface area contributed by atoms with E-state index in [2.05, 4.69) is 0 Å². The maximum atomic E-state index is 15.0. The number of alkyl halides is 7. The van der Waals surface area contributed by atoms with Crippen LogP contribution in [0.25, 0.3) is 0 Å². The molecule has 240 valence electrons. The highest BCUT2D eigenvalue weighted by atomic mass is 32.2. The van der Waals surface area contributed by atoms with Crippen LogP contribution in [-0.2, 0) is 36.3 Å². The standard InChI is InChI=1S/C30H30F7NO5S/c1-17-3-2-4-22(15-17)44(42,43)27-13-14-38(25(39)18-5-7-19(8-6-18)26(40)41)24(27)12-9-20-16-21(10-11-23(20)27)28(31,29(32,33)34)30(35,36)37/h2-4,10-11,15-16,18-19,24H,5-9,12-14H2,1H3,(H,40,41). The van der Waals surface area contributed by atoms with Gasteiger partial charge in [-0.15, -0.1) is 0 Å². The molecule has 2 aromatic rings. The molecular weight excluding hydrogens is 619 g/mol. The third-order valence-corrected chi connectivity index (χ3v) is 12.1. The predicted octanol–water partition coefficient (Wildman–Crippen LogP) is 6.39. The maximum Gasteiger partial charge on any atom is 0.435 e. The van der Waals surface area contributed by atoms with E-state index in [-0.39, 0.29) is 73.4 Å². The number of carboxylic acids is 1. The summed E-state index contributed by atoms with van der Waals surface area (Å²) in [6, 6.07) is 6.53. The van der Waals surface area contributed by atoms with Crippen molar-refractivity contribution in [3.8, 4) is 0 Å². The van der Waals surface area contributed by atoms with Gasteiger partial charge in [0.25, 0.3) is 0 Å². The highest BCUT2D eigenvalue weighted by Crippen LogP contribution is 2.57. The molecule has 1 aliphatic heterocycles. The first kappa shape index (κ1) is 32.2. The summed E-state index contributed by atoms with van der Waals surface area (Å²) in [6.45, 7) is 1.61. The van der Waals surface area contributed by atoms with Crippen molar-refractivity contribution >= 4 is 21.7 Å². The fourth-order valence-electron chi connectivity index (χ4n) is 7.31. The number of aliphatic carboxylic acids is 1. The number of amides is 1. The van der Waals surface area contributed by atoms with Crippen LogP contribution in [0.2, 0.25) is 0 Å². The lowest BCUT2D eigenvalue weighted by atomic mass is 9.76. The molecule has 3 aliphatic rings. The summed E-state index contributed by atoms with van der Waals surface area (Å²) in [5.41, 5.74) is -7.01. The molecule has 2 aliphatic carbocycles. The first-order valence-corrected chi connectivity index (χ1v) is 15.7. The van der Waals surface area contributed by atoms with Crippen molar-refractivity contribution in [2.75, 3.05) is 6.54 Å². The van der Waals surface area contributed by atoms with E-state index in [1.54, 1.807) is 13.0 Å². The first-order valence-electron chi connectivity index (χ1n) is 14.2. The molecule has 1 N–H and O–H groups in total. The fourth-order valence-corrected chi connectivity index (χ4v) is 9.78. The second-order valence-electron chi connectivity index (χ2n) is 12.0. The summed E-state index contributed by atoms with van der Waals surface area (Å²) < 4.78 is 124. The SMILES string of the molecule is Cc1cccc(S(=O)(=O)C23CCN(C(=O)C4CCC(C(=O)O)CC4)C2CCc2cc(C(F)(C(F)(F)F)C(F)(F)F)ccc23)c1. The van der Waals surface area contributed by atoms with Crippen molar-refractivity contribution in [2.45, 2.75) is 85.6 Å². The number of carbonyl (C=O) groups excluding carboxylic acids is 1. The molecule has 2 atom stereocenters. The lowest BCUT2D eigenvalue weighted by Gasteiger charge is -2.44. The minimum atomic E-state index is -6.34. The summed E-state index contributed by atoms with van der Waals surface area (Å²) >= 11 is 0. The van der Waals surface area contributed by atoms with E-state index in [9.17, 15) is 49.5 Å². The number of benzene rings is 2. The van der Waals surface area contributed by atoms with Crippen LogP contribution in [0.15, 0.2) is 47.4 Å². The lowest BCUT2D eigenvalue weighted by molar-refractivity contribution is -0.348. The van der Waals surface area contributed by atoms with Gasteiger partial charge in [0.05, 0.1) is 16.9 Å². The number of aryl methyl sites for hydroxylation is 2. The van der Waals surface area contributed by atoms with Gasteiger partial charge in [0.1, 0.15) is 4.75 Å². The number of fused-ring (bicyclic) bond motifs is 3. The van der Waals surface area contributed by atoms with Crippen LogP contribution in [0.3, 0.4) is 0 Å². The van der Waals surface area contributed by atoms with Crippen LogP contribution in [0.5, 0.6) is 0 Å². The van der Waals surface area contributed by atoms with Gasteiger partial charge in [-0.1, -0.05) is 30.3 Å². The minimum Gasteiger partial charge on any atom is -0.481 e. The Morgan fingerprint density at radius 3 is 2.07 bits per heavy atom. The van der Waals surface area contributed by atoms with Gasteiger partial charge >= 0.3 is 24.0 Å². The third-order valence-electron chi connectivity index (χ3n) is 9.55. The molecule has 44 heavy (non-hydrogen) atoms. The molecule has 5 rings (SSSR count). The van der Waals surface area contributed by atoms with Crippen LogP contribution < -0.4 is 0 Å². The van der Waals surface area contributed by atoms with E-state index in [1.807, 2.05) is 0 Å². The molecule has 1 amide bonds. The van der Waals surface area contributed by atoms with Gasteiger partial charge in [0, 0.05) is 18.0 Å². The molecule has 1 saturated carbocycles. The molecule has 0 bridgehead atoms. The molecule has 2 unspecified atom stereocenters. The van der Waals surface area contributed by atoms with Crippen molar-refractivity contribution in [1.29, 1.82) is 0 Å². The molecule has 6 nitrogen and oxygen atoms in total. The number of halogens is 7. The van der Waals surface area contributed by atoms with Gasteiger partial charge in [0.15, 0.2) is 9.84 Å². The molecule has 2 aromatic carbocycles. The Bertz CT molecular complexity index is 1570. The number of rotatable bonds is 5. The summed E-state index contributed by atoms with van der Waals surface area (Å²) in [5.74, 6) is -2.48. The average molecular weight is 650 g/mol. The Labute approximate surface area is 249 Å². The van der Waals surface area contributed by atoms with Gasteiger partial charge in [-0.3, -0.25) is 9.59 Å². The Hall–Kier alpha value is -3.16. The van der Waals surface area contributed by atoms with Crippen molar-refractivity contribution in [2.24, 2.45) is 11.8 Å². The number of carbonyl (C=O) groups is 2. The minimum absolute atomic E-state index is 0.0489. The Morgan fingerprint density at radius 1 is 0.886 bits per heavy atom. The second kappa shape index (κ2) is 10.7. The largest absolute Gasteiger partial charge is 0.481 e. The van der Waals surface area contributed by atoms with Crippen LogP contribution >= 0.6 is 0 Å². The fraction of sp³-hybridized carbons (Fsp3) is 0.533. The normalized spacial score (nSPS) is 26.2. The molecule has 2 fully saturated rings. The van der Waals surface area contributed by atoms with Crippen LogP contribution in [0.1, 0.15) is 60.8 Å². The Morgan fingerprint density at radius 2 is 1.50 bits per heavy atom. The van der Waals surface area contributed by atoms with E-state index < -0.39 is 62.0 Å². The molecule has 0 spiro atoms. The van der Waals surface area contributed by atoms with Gasteiger partial charge in [-0.05, 0) is 80.7 Å². The van der Waals surface area contributed by atoms with Crippen LogP contribution in [-0.4, -0.2) is 55.2 Å². The van der Waals surface area contributed by atoms with E-state index in [0.29, 0.717) is 17.7 Å². The van der Waals surface area contributed by atoms with E-state index >= 15 is 4.39 Å². The van der Waals surface area contributed by atoms with Gasteiger partial charge in [0.2, 0.25) is 5.91 Å². The number of sulfone groups is 1. The van der Waals surface area contributed by atoms with Gasteiger partial charge in [-0.2, -0.15) is 26.3 Å².